The summed E-state index contributed by atoms with van der Waals surface area (Å²) >= 11 is 0. The first-order valence-electron chi connectivity index (χ1n) is 7.97. The Hall–Kier alpha value is -2.10. The molecule has 1 aliphatic rings. The summed E-state index contributed by atoms with van der Waals surface area (Å²) in [6.45, 7) is 3.05. The first kappa shape index (κ1) is 14.8. The van der Waals surface area contributed by atoms with Crippen LogP contribution in [0.5, 0.6) is 0 Å². The number of aryl methyl sites for hydroxylation is 1. The van der Waals surface area contributed by atoms with Crippen molar-refractivity contribution in [3.8, 4) is 0 Å². The highest BCUT2D eigenvalue weighted by Gasteiger charge is 2.32. The zero-order chi connectivity index (χ0) is 15.4. The van der Waals surface area contributed by atoms with E-state index >= 15 is 0 Å². The number of hydrogen-bond donors (Lipinski definition) is 0. The number of amides is 1. The molecule has 22 heavy (non-hydrogen) atoms. The molecule has 2 atom stereocenters. The first-order chi connectivity index (χ1) is 10.7. The predicted molar refractivity (Wildman–Crippen MR) is 84.1 cm³/mol. The quantitative estimate of drug-likeness (QED) is 0.866. The van der Waals surface area contributed by atoms with Crippen molar-refractivity contribution in [3.05, 3.63) is 54.2 Å². The van der Waals surface area contributed by atoms with E-state index in [0.717, 1.165) is 30.8 Å². The van der Waals surface area contributed by atoms with E-state index in [1.807, 2.05) is 35.2 Å². The van der Waals surface area contributed by atoms with E-state index < -0.39 is 0 Å². The van der Waals surface area contributed by atoms with Crippen LogP contribution in [0.15, 0.2) is 47.2 Å². The molecule has 0 saturated carbocycles. The molecule has 0 bridgehead atoms. The molecule has 3 heterocycles. The van der Waals surface area contributed by atoms with Crippen molar-refractivity contribution in [1.82, 2.24) is 9.88 Å². The van der Waals surface area contributed by atoms with Crippen LogP contribution in [0.1, 0.15) is 43.7 Å². The molecule has 0 aliphatic carbocycles. The zero-order valence-electron chi connectivity index (χ0n) is 12.9. The van der Waals surface area contributed by atoms with Crippen LogP contribution in [0.2, 0.25) is 0 Å². The van der Waals surface area contributed by atoms with Crippen molar-refractivity contribution in [2.75, 3.05) is 6.54 Å². The zero-order valence-corrected chi connectivity index (χ0v) is 12.9. The SMILES string of the molecule is C[C@@H]1CCN(C(=O)CCc2ccccn2)[C@@H](c2ccco2)C1. The minimum atomic E-state index is 0.0787. The van der Waals surface area contributed by atoms with E-state index in [-0.39, 0.29) is 11.9 Å². The van der Waals surface area contributed by atoms with Gasteiger partial charge in [0, 0.05) is 24.9 Å². The fourth-order valence-corrected chi connectivity index (χ4v) is 3.12. The minimum absolute atomic E-state index is 0.0787. The Kier molecular flexibility index (Phi) is 4.56. The van der Waals surface area contributed by atoms with Gasteiger partial charge in [-0.2, -0.15) is 0 Å². The van der Waals surface area contributed by atoms with E-state index in [1.54, 1.807) is 12.5 Å². The molecule has 4 nitrogen and oxygen atoms in total. The van der Waals surface area contributed by atoms with Crippen LogP contribution < -0.4 is 0 Å². The fraction of sp³-hybridized carbons (Fsp3) is 0.444. The largest absolute Gasteiger partial charge is 0.467 e. The van der Waals surface area contributed by atoms with Gasteiger partial charge in [0.05, 0.1) is 12.3 Å². The topological polar surface area (TPSA) is 46.3 Å². The van der Waals surface area contributed by atoms with Crippen molar-refractivity contribution < 1.29 is 9.21 Å². The number of likely N-dealkylation sites (tertiary alicyclic amines) is 1. The highest BCUT2D eigenvalue weighted by atomic mass is 16.3. The molecule has 4 heteroatoms. The Morgan fingerprint density at radius 1 is 1.36 bits per heavy atom. The molecule has 116 valence electrons. The van der Waals surface area contributed by atoms with Gasteiger partial charge in [0.25, 0.3) is 0 Å². The second kappa shape index (κ2) is 6.77. The Morgan fingerprint density at radius 2 is 2.27 bits per heavy atom. The Balaban J connectivity index is 1.67. The summed E-state index contributed by atoms with van der Waals surface area (Å²) in [6.07, 6.45) is 6.69. The molecule has 0 N–H and O–H groups in total. The van der Waals surface area contributed by atoms with Gasteiger partial charge in [-0.3, -0.25) is 9.78 Å². The minimum Gasteiger partial charge on any atom is -0.467 e. The Morgan fingerprint density at radius 3 is 3.00 bits per heavy atom. The molecule has 0 unspecified atom stereocenters. The Labute approximate surface area is 131 Å². The molecule has 3 rings (SSSR count). The molecule has 1 aliphatic heterocycles. The normalized spacial score (nSPS) is 21.8. The lowest BCUT2D eigenvalue weighted by molar-refractivity contribution is -0.136. The number of carbonyl (C=O) groups is 1. The van der Waals surface area contributed by atoms with Crippen LogP contribution in [-0.4, -0.2) is 22.3 Å². The molecular weight excluding hydrogens is 276 g/mol. The molecule has 0 spiro atoms. The number of hydrogen-bond acceptors (Lipinski definition) is 3. The van der Waals surface area contributed by atoms with Gasteiger partial charge in [0.1, 0.15) is 5.76 Å². The van der Waals surface area contributed by atoms with Gasteiger partial charge in [0.2, 0.25) is 5.91 Å². The molecule has 2 aromatic rings. The summed E-state index contributed by atoms with van der Waals surface area (Å²) in [5.74, 6) is 1.71. The standard InChI is InChI=1S/C18H22N2O2/c1-14-9-11-20(16(13-14)17-6-4-12-22-17)18(21)8-7-15-5-2-3-10-19-15/h2-6,10,12,14,16H,7-9,11,13H2,1H3/t14-,16-/m1/s1. The van der Waals surface area contributed by atoms with Gasteiger partial charge in [-0.1, -0.05) is 13.0 Å². The molecule has 1 saturated heterocycles. The summed E-state index contributed by atoms with van der Waals surface area (Å²) < 4.78 is 5.56. The average Bonchev–Trinajstić information content (AvgIpc) is 3.08. The van der Waals surface area contributed by atoms with Crippen molar-refractivity contribution in [3.63, 3.8) is 0 Å². The van der Waals surface area contributed by atoms with Crippen molar-refractivity contribution >= 4 is 5.91 Å². The van der Waals surface area contributed by atoms with Crippen molar-refractivity contribution in [1.29, 1.82) is 0 Å². The summed E-state index contributed by atoms with van der Waals surface area (Å²) in [4.78, 5) is 18.9. The second-order valence-corrected chi connectivity index (χ2v) is 6.07. The van der Waals surface area contributed by atoms with Gasteiger partial charge in [-0.05, 0) is 49.4 Å². The van der Waals surface area contributed by atoms with E-state index in [0.29, 0.717) is 18.8 Å². The van der Waals surface area contributed by atoms with Crippen molar-refractivity contribution in [2.45, 2.75) is 38.6 Å². The fourth-order valence-electron chi connectivity index (χ4n) is 3.12. The lowest BCUT2D eigenvalue weighted by Gasteiger charge is -2.37. The average molecular weight is 298 g/mol. The molecule has 2 aromatic heterocycles. The van der Waals surface area contributed by atoms with Crippen LogP contribution in [0, 0.1) is 5.92 Å². The molecule has 0 aromatic carbocycles. The van der Waals surface area contributed by atoms with E-state index in [9.17, 15) is 4.79 Å². The second-order valence-electron chi connectivity index (χ2n) is 6.07. The lowest BCUT2D eigenvalue weighted by atomic mass is 9.90. The van der Waals surface area contributed by atoms with Gasteiger partial charge >= 0.3 is 0 Å². The van der Waals surface area contributed by atoms with Crippen LogP contribution in [0.4, 0.5) is 0 Å². The van der Waals surface area contributed by atoms with E-state index in [2.05, 4.69) is 11.9 Å². The number of furan rings is 1. The number of aromatic nitrogens is 1. The Bertz CT molecular complexity index is 595. The summed E-state index contributed by atoms with van der Waals surface area (Å²) in [6, 6.07) is 9.77. The number of rotatable bonds is 4. The van der Waals surface area contributed by atoms with Crippen LogP contribution >= 0.6 is 0 Å². The summed E-state index contributed by atoms with van der Waals surface area (Å²) in [5, 5.41) is 0. The third-order valence-electron chi connectivity index (χ3n) is 4.38. The molecule has 1 amide bonds. The molecule has 0 radical (unpaired) electrons. The maximum atomic E-state index is 12.6. The maximum Gasteiger partial charge on any atom is 0.223 e. The number of nitrogens with zero attached hydrogens (tertiary/aromatic N) is 2. The van der Waals surface area contributed by atoms with Gasteiger partial charge in [-0.25, -0.2) is 0 Å². The molecule has 1 fully saturated rings. The smallest absolute Gasteiger partial charge is 0.223 e. The van der Waals surface area contributed by atoms with Crippen LogP contribution in [0.25, 0.3) is 0 Å². The van der Waals surface area contributed by atoms with Gasteiger partial charge in [-0.15, -0.1) is 0 Å². The maximum absolute atomic E-state index is 12.6. The van der Waals surface area contributed by atoms with Crippen LogP contribution in [0.3, 0.4) is 0 Å². The third kappa shape index (κ3) is 3.38. The molecular formula is C18H22N2O2. The van der Waals surface area contributed by atoms with Crippen molar-refractivity contribution in [2.24, 2.45) is 5.92 Å². The highest BCUT2D eigenvalue weighted by Crippen LogP contribution is 2.34. The number of piperidine rings is 1. The number of carbonyl (C=O) groups excluding carboxylic acids is 1. The van der Waals surface area contributed by atoms with Gasteiger partial charge in [0.15, 0.2) is 0 Å². The lowest BCUT2D eigenvalue weighted by Crippen LogP contribution is -2.40. The number of pyridine rings is 1. The highest BCUT2D eigenvalue weighted by molar-refractivity contribution is 5.77. The monoisotopic (exact) mass is 298 g/mol. The summed E-state index contributed by atoms with van der Waals surface area (Å²) in [5.41, 5.74) is 0.968. The summed E-state index contributed by atoms with van der Waals surface area (Å²) in [7, 11) is 0. The van der Waals surface area contributed by atoms with E-state index in [4.69, 9.17) is 4.42 Å². The predicted octanol–water partition coefficient (Wildman–Crippen LogP) is 3.61. The van der Waals surface area contributed by atoms with E-state index in [1.165, 1.54) is 0 Å². The first-order valence-corrected chi connectivity index (χ1v) is 7.97. The van der Waals surface area contributed by atoms with Crippen LogP contribution in [-0.2, 0) is 11.2 Å². The third-order valence-corrected chi connectivity index (χ3v) is 4.38. The van der Waals surface area contributed by atoms with Gasteiger partial charge < -0.3 is 9.32 Å².